The van der Waals surface area contributed by atoms with Crippen molar-refractivity contribution in [2.75, 3.05) is 0 Å². The first-order valence-electron chi connectivity index (χ1n) is 6.16. The highest BCUT2D eigenvalue weighted by Gasteiger charge is 2.41. The molecule has 0 radical (unpaired) electrons. The average Bonchev–Trinajstić information content (AvgIpc) is 2.38. The minimum Gasteiger partial charge on any atom is -0.481 e. The lowest BCUT2D eigenvalue weighted by Crippen LogP contribution is -2.43. The van der Waals surface area contributed by atoms with E-state index in [2.05, 4.69) is 0 Å². The summed E-state index contributed by atoms with van der Waals surface area (Å²) in [6.07, 6.45) is -2.66. The highest BCUT2D eigenvalue weighted by atomic mass is 16.5. The van der Waals surface area contributed by atoms with Crippen LogP contribution in [0, 0.1) is 0 Å². The SMILES string of the molecule is CC(OC(=O)CC(O)(CC(=O)O)C(=O)O)c1ccccc1. The minimum atomic E-state index is -2.68. The van der Waals surface area contributed by atoms with Crippen LogP contribution in [0.1, 0.15) is 31.4 Å². The fraction of sp³-hybridized carbons (Fsp3) is 0.357. The van der Waals surface area contributed by atoms with Gasteiger partial charge >= 0.3 is 17.9 Å². The van der Waals surface area contributed by atoms with Gasteiger partial charge in [0.05, 0.1) is 12.8 Å². The molecule has 2 unspecified atom stereocenters. The van der Waals surface area contributed by atoms with E-state index in [0.29, 0.717) is 5.56 Å². The molecule has 7 heteroatoms. The third-order valence-corrected chi connectivity index (χ3v) is 2.86. The molecule has 0 saturated carbocycles. The van der Waals surface area contributed by atoms with E-state index in [0.717, 1.165) is 0 Å². The van der Waals surface area contributed by atoms with Gasteiger partial charge in [-0.15, -0.1) is 0 Å². The number of carbonyl (C=O) groups is 3. The Hall–Kier alpha value is -2.41. The van der Waals surface area contributed by atoms with E-state index in [9.17, 15) is 19.5 Å². The minimum absolute atomic E-state index is 0.637. The molecule has 0 aromatic heterocycles. The fourth-order valence-corrected chi connectivity index (χ4v) is 1.73. The number of ether oxygens (including phenoxy) is 1. The number of aliphatic carboxylic acids is 2. The molecule has 0 fully saturated rings. The summed E-state index contributed by atoms with van der Waals surface area (Å²) in [7, 11) is 0. The van der Waals surface area contributed by atoms with Crippen LogP contribution in [0.15, 0.2) is 30.3 Å². The van der Waals surface area contributed by atoms with Crippen molar-refractivity contribution in [3.05, 3.63) is 35.9 Å². The number of hydrogen-bond acceptors (Lipinski definition) is 5. The van der Waals surface area contributed by atoms with E-state index < -0.39 is 42.5 Å². The first-order chi connectivity index (χ1) is 9.74. The van der Waals surface area contributed by atoms with Crippen LogP contribution in [-0.2, 0) is 19.1 Å². The Bertz CT molecular complexity index is 525. The summed E-state index contributed by atoms with van der Waals surface area (Å²) in [5.74, 6) is -4.30. The van der Waals surface area contributed by atoms with Crippen LogP contribution in [0.2, 0.25) is 0 Å². The van der Waals surface area contributed by atoms with E-state index in [-0.39, 0.29) is 0 Å². The van der Waals surface area contributed by atoms with Crippen molar-refractivity contribution in [2.45, 2.75) is 31.5 Å². The molecule has 2 atom stereocenters. The van der Waals surface area contributed by atoms with Crippen LogP contribution in [0.25, 0.3) is 0 Å². The lowest BCUT2D eigenvalue weighted by Gasteiger charge is -2.21. The van der Waals surface area contributed by atoms with E-state index in [1.807, 2.05) is 0 Å². The molecule has 0 aliphatic carbocycles. The van der Waals surface area contributed by atoms with Gasteiger partial charge < -0.3 is 20.1 Å². The molecular weight excluding hydrogens is 280 g/mol. The summed E-state index contributed by atoms with van der Waals surface area (Å²) in [4.78, 5) is 33.2. The average molecular weight is 296 g/mol. The largest absolute Gasteiger partial charge is 0.481 e. The molecule has 21 heavy (non-hydrogen) atoms. The summed E-state index contributed by atoms with van der Waals surface area (Å²) in [5, 5.41) is 27.2. The van der Waals surface area contributed by atoms with Gasteiger partial charge in [0.1, 0.15) is 6.10 Å². The number of benzene rings is 1. The van der Waals surface area contributed by atoms with E-state index in [1.54, 1.807) is 37.3 Å². The third-order valence-electron chi connectivity index (χ3n) is 2.86. The Labute approximate surface area is 120 Å². The summed E-state index contributed by atoms with van der Waals surface area (Å²) in [6.45, 7) is 1.59. The maximum Gasteiger partial charge on any atom is 0.336 e. The van der Waals surface area contributed by atoms with Gasteiger partial charge in [-0.3, -0.25) is 9.59 Å². The van der Waals surface area contributed by atoms with Crippen molar-refractivity contribution in [2.24, 2.45) is 0 Å². The second-order valence-corrected chi connectivity index (χ2v) is 4.63. The van der Waals surface area contributed by atoms with Crippen LogP contribution in [-0.4, -0.2) is 38.8 Å². The van der Waals surface area contributed by atoms with Crippen molar-refractivity contribution >= 4 is 17.9 Å². The first kappa shape index (κ1) is 16.6. The van der Waals surface area contributed by atoms with Crippen LogP contribution in [0.5, 0.6) is 0 Å². The van der Waals surface area contributed by atoms with Gasteiger partial charge in [-0.05, 0) is 12.5 Å². The molecule has 0 amide bonds. The van der Waals surface area contributed by atoms with Gasteiger partial charge in [0.2, 0.25) is 0 Å². The van der Waals surface area contributed by atoms with Gasteiger partial charge in [0.25, 0.3) is 0 Å². The van der Waals surface area contributed by atoms with Crippen LogP contribution >= 0.6 is 0 Å². The molecule has 1 aromatic carbocycles. The third kappa shape index (κ3) is 4.88. The highest BCUT2D eigenvalue weighted by Crippen LogP contribution is 2.21. The molecule has 0 aliphatic heterocycles. The van der Waals surface area contributed by atoms with Crippen molar-refractivity contribution in [1.29, 1.82) is 0 Å². The number of aliphatic hydroxyl groups is 1. The van der Waals surface area contributed by atoms with Gasteiger partial charge in [0.15, 0.2) is 5.60 Å². The first-order valence-corrected chi connectivity index (χ1v) is 6.16. The van der Waals surface area contributed by atoms with Crippen LogP contribution in [0.4, 0.5) is 0 Å². The number of esters is 1. The molecule has 0 bridgehead atoms. The predicted octanol–water partition coefficient (Wildman–Crippen LogP) is 0.971. The molecule has 7 nitrogen and oxygen atoms in total. The second kappa shape index (κ2) is 6.85. The van der Waals surface area contributed by atoms with Crippen molar-refractivity contribution < 1.29 is 34.4 Å². The lowest BCUT2D eigenvalue weighted by molar-refractivity contribution is -0.173. The highest BCUT2D eigenvalue weighted by molar-refractivity contribution is 5.88. The molecular formula is C14H16O7. The van der Waals surface area contributed by atoms with E-state index in [1.165, 1.54) is 0 Å². The Morgan fingerprint density at radius 2 is 1.71 bits per heavy atom. The van der Waals surface area contributed by atoms with Gasteiger partial charge in [-0.1, -0.05) is 30.3 Å². The summed E-state index contributed by atoms with van der Waals surface area (Å²) < 4.78 is 5.01. The monoisotopic (exact) mass is 296 g/mol. The summed E-state index contributed by atoms with van der Waals surface area (Å²) in [6, 6.07) is 8.72. The maximum atomic E-state index is 11.7. The second-order valence-electron chi connectivity index (χ2n) is 4.63. The fourth-order valence-electron chi connectivity index (χ4n) is 1.73. The Balaban J connectivity index is 2.71. The summed E-state index contributed by atoms with van der Waals surface area (Å²) >= 11 is 0. The van der Waals surface area contributed by atoms with E-state index in [4.69, 9.17) is 14.9 Å². The van der Waals surface area contributed by atoms with Gasteiger partial charge in [-0.2, -0.15) is 0 Å². The maximum absolute atomic E-state index is 11.7. The number of carbonyl (C=O) groups excluding carboxylic acids is 1. The zero-order valence-electron chi connectivity index (χ0n) is 11.4. The topological polar surface area (TPSA) is 121 Å². The molecule has 0 heterocycles. The summed E-state index contributed by atoms with van der Waals surface area (Å²) in [5.41, 5.74) is -1.98. The molecule has 0 saturated heterocycles. The molecule has 114 valence electrons. The number of hydrogen-bond donors (Lipinski definition) is 3. The molecule has 0 spiro atoms. The van der Waals surface area contributed by atoms with Gasteiger partial charge in [0, 0.05) is 0 Å². The Kier molecular flexibility index (Phi) is 5.43. The lowest BCUT2D eigenvalue weighted by atomic mass is 9.96. The molecule has 0 aliphatic rings. The van der Waals surface area contributed by atoms with Crippen molar-refractivity contribution in [1.82, 2.24) is 0 Å². The van der Waals surface area contributed by atoms with Crippen LogP contribution < -0.4 is 0 Å². The Morgan fingerprint density at radius 3 is 2.19 bits per heavy atom. The molecule has 1 rings (SSSR count). The number of carboxylic acid groups (broad SMARTS) is 2. The molecule has 1 aromatic rings. The standard InChI is InChI=1S/C14H16O7/c1-9(10-5-3-2-4-6-10)21-12(17)8-14(20,13(18)19)7-11(15)16/h2-6,9,20H,7-8H2,1H3,(H,15,16)(H,18,19). The zero-order valence-corrected chi connectivity index (χ0v) is 11.4. The number of rotatable bonds is 7. The van der Waals surface area contributed by atoms with Crippen molar-refractivity contribution in [3.8, 4) is 0 Å². The quantitative estimate of drug-likeness (QED) is 0.641. The smallest absolute Gasteiger partial charge is 0.336 e. The van der Waals surface area contributed by atoms with Crippen molar-refractivity contribution in [3.63, 3.8) is 0 Å². The normalized spacial score (nSPS) is 14.8. The van der Waals surface area contributed by atoms with Crippen LogP contribution in [0.3, 0.4) is 0 Å². The predicted molar refractivity (Wildman–Crippen MR) is 70.4 cm³/mol. The Morgan fingerprint density at radius 1 is 1.14 bits per heavy atom. The number of carboxylic acids is 2. The molecule has 3 N–H and O–H groups in total. The van der Waals surface area contributed by atoms with Gasteiger partial charge in [-0.25, -0.2) is 4.79 Å². The zero-order chi connectivity index (χ0) is 16.0. The van der Waals surface area contributed by atoms with E-state index >= 15 is 0 Å².